The van der Waals surface area contributed by atoms with Crippen LogP contribution in [0.25, 0.3) is 0 Å². The fraction of sp³-hybridized carbons (Fsp3) is 0.273. The van der Waals surface area contributed by atoms with Crippen LogP contribution < -0.4 is 20.7 Å². The molecule has 3 amide bonds. The molecule has 3 N–H and O–H groups in total. The Morgan fingerprint density at radius 1 is 1.19 bits per heavy atom. The summed E-state index contributed by atoms with van der Waals surface area (Å²) in [5, 5.41) is 6.94. The number of benzene rings is 2. The molecule has 9 nitrogen and oxygen atoms in total. The number of nitrogens with one attached hydrogen (secondary N) is 1. The maximum absolute atomic E-state index is 13.3. The molecule has 2 atom stereocenters. The first-order valence-electron chi connectivity index (χ1n) is 9.88. The van der Waals surface area contributed by atoms with E-state index in [-0.39, 0.29) is 30.9 Å². The van der Waals surface area contributed by atoms with Gasteiger partial charge in [0.2, 0.25) is 12.0 Å². The maximum atomic E-state index is 13.3. The van der Waals surface area contributed by atoms with Crippen molar-refractivity contribution < 1.29 is 24.0 Å². The summed E-state index contributed by atoms with van der Waals surface area (Å²) in [5.41, 5.74) is 7.71. The Morgan fingerprint density at radius 3 is 2.68 bits per heavy atom. The molecule has 2 aromatic rings. The van der Waals surface area contributed by atoms with E-state index in [4.69, 9.17) is 15.3 Å². The summed E-state index contributed by atoms with van der Waals surface area (Å²) in [6.45, 7) is 1.63. The molecule has 9 heteroatoms. The lowest BCUT2D eigenvalue weighted by Crippen LogP contribution is -2.45. The monoisotopic (exact) mass is 422 g/mol. The minimum Gasteiger partial charge on any atom is -0.484 e. The number of carbonyl (C=O) groups excluding carboxylic acids is 3. The van der Waals surface area contributed by atoms with Crippen molar-refractivity contribution in [3.63, 3.8) is 0 Å². The Hall–Kier alpha value is -3.88. The Balaban J connectivity index is 1.48. The summed E-state index contributed by atoms with van der Waals surface area (Å²) in [6.07, 6.45) is -0.301. The zero-order chi connectivity index (χ0) is 22.0. The Morgan fingerprint density at radius 2 is 1.94 bits per heavy atom. The molecule has 4 rings (SSSR count). The van der Waals surface area contributed by atoms with Crippen molar-refractivity contribution in [2.45, 2.75) is 31.9 Å². The molecular formula is C22H22N4O5. The van der Waals surface area contributed by atoms with Gasteiger partial charge in [0.25, 0.3) is 11.8 Å². The summed E-state index contributed by atoms with van der Waals surface area (Å²) in [7, 11) is 0. The number of anilines is 2. The number of para-hydroxylation sites is 2. The summed E-state index contributed by atoms with van der Waals surface area (Å²) >= 11 is 0. The highest BCUT2D eigenvalue weighted by Crippen LogP contribution is 2.33. The number of amides is 3. The van der Waals surface area contributed by atoms with Gasteiger partial charge in [-0.25, -0.2) is 0 Å². The number of oxime groups is 1. The molecule has 2 aliphatic heterocycles. The van der Waals surface area contributed by atoms with Crippen LogP contribution in [0.1, 0.15) is 25.3 Å². The molecule has 0 bridgehead atoms. The molecule has 0 radical (unpaired) electrons. The van der Waals surface area contributed by atoms with Crippen LogP contribution >= 0.6 is 0 Å². The highest BCUT2D eigenvalue weighted by Gasteiger charge is 2.37. The van der Waals surface area contributed by atoms with E-state index in [0.29, 0.717) is 29.3 Å². The lowest BCUT2D eigenvalue weighted by Gasteiger charge is -2.29. The van der Waals surface area contributed by atoms with E-state index in [1.165, 1.54) is 0 Å². The summed E-state index contributed by atoms with van der Waals surface area (Å²) in [4.78, 5) is 43.4. The lowest BCUT2D eigenvalue weighted by atomic mass is 10.0. The second-order valence-electron chi connectivity index (χ2n) is 7.44. The van der Waals surface area contributed by atoms with Crippen molar-refractivity contribution >= 4 is 34.8 Å². The molecule has 160 valence electrons. The lowest BCUT2D eigenvalue weighted by molar-refractivity contribution is -0.129. The van der Waals surface area contributed by atoms with E-state index in [2.05, 4.69) is 10.5 Å². The summed E-state index contributed by atoms with van der Waals surface area (Å²) in [6, 6.07) is 13.8. The van der Waals surface area contributed by atoms with Crippen LogP contribution in [0.15, 0.2) is 53.7 Å². The topological polar surface area (TPSA) is 123 Å². The fourth-order valence-corrected chi connectivity index (χ4v) is 3.66. The van der Waals surface area contributed by atoms with Crippen molar-refractivity contribution in [1.29, 1.82) is 0 Å². The zero-order valence-corrected chi connectivity index (χ0v) is 16.9. The highest BCUT2D eigenvalue weighted by molar-refractivity contribution is 6.09. The minimum atomic E-state index is -0.788. The normalized spacial score (nSPS) is 20.1. The first kappa shape index (κ1) is 20.4. The average Bonchev–Trinajstić information content (AvgIpc) is 3.19. The molecule has 2 heterocycles. The number of hydrogen-bond donors (Lipinski definition) is 2. The Labute approximate surface area is 178 Å². The van der Waals surface area contributed by atoms with Crippen LogP contribution in [-0.2, 0) is 19.2 Å². The Kier molecular flexibility index (Phi) is 5.57. The third kappa shape index (κ3) is 4.35. The highest BCUT2D eigenvalue weighted by atomic mass is 16.6. The molecule has 0 saturated heterocycles. The molecule has 2 unspecified atom stereocenters. The van der Waals surface area contributed by atoms with Crippen LogP contribution in [0.3, 0.4) is 0 Å². The number of ether oxygens (including phenoxy) is 1. The summed E-state index contributed by atoms with van der Waals surface area (Å²) in [5.74, 6) is -0.447. The smallest absolute Gasteiger partial charge is 0.271 e. The van der Waals surface area contributed by atoms with Gasteiger partial charge < -0.3 is 25.5 Å². The first-order valence-corrected chi connectivity index (χ1v) is 9.88. The van der Waals surface area contributed by atoms with Crippen LogP contribution in [0.2, 0.25) is 0 Å². The number of primary amides is 1. The van der Waals surface area contributed by atoms with Gasteiger partial charge in [-0.3, -0.25) is 14.4 Å². The van der Waals surface area contributed by atoms with Crippen LogP contribution in [0.5, 0.6) is 5.75 Å². The van der Waals surface area contributed by atoms with Crippen molar-refractivity contribution in [2.75, 3.05) is 16.8 Å². The number of nitrogens with zero attached hydrogens (tertiary/aromatic N) is 2. The number of fused-ring (bicyclic) bond motifs is 1. The summed E-state index contributed by atoms with van der Waals surface area (Å²) < 4.78 is 5.25. The molecule has 31 heavy (non-hydrogen) atoms. The van der Waals surface area contributed by atoms with Gasteiger partial charge >= 0.3 is 0 Å². The van der Waals surface area contributed by atoms with Gasteiger partial charge in [-0.05, 0) is 48.9 Å². The molecule has 0 saturated carbocycles. The SMILES string of the molecule is CC1CC(=O)Nc2ccccc2N1C(=O)C1CC(c2ccc(OCC(N)=O)cc2)=NO1. The van der Waals surface area contributed by atoms with Gasteiger partial charge in [0.05, 0.1) is 17.1 Å². The minimum absolute atomic E-state index is 0.141. The third-order valence-corrected chi connectivity index (χ3v) is 5.11. The molecule has 0 fully saturated rings. The largest absolute Gasteiger partial charge is 0.484 e. The number of rotatable bonds is 5. The Bertz CT molecular complexity index is 1050. The van der Waals surface area contributed by atoms with Crippen molar-refractivity contribution in [1.82, 2.24) is 0 Å². The molecule has 2 aromatic carbocycles. The fourth-order valence-electron chi connectivity index (χ4n) is 3.66. The van der Waals surface area contributed by atoms with Gasteiger partial charge in [-0.1, -0.05) is 17.3 Å². The molecule has 0 spiro atoms. The average molecular weight is 422 g/mol. The van der Waals surface area contributed by atoms with Crippen LogP contribution in [0, 0.1) is 0 Å². The molecule has 2 aliphatic rings. The van der Waals surface area contributed by atoms with Gasteiger partial charge in [-0.15, -0.1) is 0 Å². The van der Waals surface area contributed by atoms with Gasteiger partial charge in [0.1, 0.15) is 5.75 Å². The maximum Gasteiger partial charge on any atom is 0.271 e. The predicted molar refractivity (Wildman–Crippen MR) is 114 cm³/mol. The molecule has 0 aliphatic carbocycles. The standard InChI is InChI=1S/C22H22N4O5/c1-13-10-21(28)24-16-4-2-3-5-18(16)26(13)22(29)19-11-17(25-31-19)14-6-8-15(9-7-14)30-12-20(23)27/h2-9,13,19H,10-12H2,1H3,(H2,23,27)(H,24,28). The number of hydrogen-bond acceptors (Lipinski definition) is 6. The van der Waals surface area contributed by atoms with Crippen molar-refractivity contribution in [2.24, 2.45) is 10.9 Å². The quantitative estimate of drug-likeness (QED) is 0.761. The van der Waals surface area contributed by atoms with Gasteiger partial charge in [-0.2, -0.15) is 0 Å². The molecular weight excluding hydrogens is 400 g/mol. The zero-order valence-electron chi connectivity index (χ0n) is 16.9. The van der Waals surface area contributed by atoms with E-state index in [9.17, 15) is 14.4 Å². The first-order chi connectivity index (χ1) is 14.9. The number of carbonyl (C=O) groups is 3. The predicted octanol–water partition coefficient (Wildman–Crippen LogP) is 1.81. The number of nitrogens with two attached hydrogens (primary N) is 1. The van der Waals surface area contributed by atoms with E-state index in [0.717, 1.165) is 5.56 Å². The van der Waals surface area contributed by atoms with E-state index in [1.807, 2.05) is 19.1 Å². The van der Waals surface area contributed by atoms with E-state index in [1.54, 1.807) is 41.3 Å². The van der Waals surface area contributed by atoms with E-state index >= 15 is 0 Å². The van der Waals surface area contributed by atoms with Gasteiger partial charge in [0.15, 0.2) is 6.61 Å². The van der Waals surface area contributed by atoms with Crippen LogP contribution in [0.4, 0.5) is 11.4 Å². The van der Waals surface area contributed by atoms with Crippen LogP contribution in [-0.4, -0.2) is 42.2 Å². The van der Waals surface area contributed by atoms with E-state index < -0.39 is 12.0 Å². The van der Waals surface area contributed by atoms with Crippen molar-refractivity contribution in [3.05, 3.63) is 54.1 Å². The van der Waals surface area contributed by atoms with Crippen molar-refractivity contribution in [3.8, 4) is 5.75 Å². The second kappa shape index (κ2) is 8.47. The van der Waals surface area contributed by atoms with Gasteiger partial charge in [0, 0.05) is 18.9 Å². The second-order valence-corrected chi connectivity index (χ2v) is 7.44. The third-order valence-electron chi connectivity index (χ3n) is 5.11. The molecule has 0 aromatic heterocycles.